The highest BCUT2D eigenvalue weighted by Crippen LogP contribution is 2.35. The van der Waals surface area contributed by atoms with Crippen LogP contribution in [0.5, 0.6) is 0 Å². The predicted octanol–water partition coefficient (Wildman–Crippen LogP) is 2.63. The highest BCUT2D eigenvalue weighted by atomic mass is 32.2. The van der Waals surface area contributed by atoms with Gasteiger partial charge in [0.15, 0.2) is 9.84 Å². The summed E-state index contributed by atoms with van der Waals surface area (Å²) in [5.74, 6) is 0.857. The highest BCUT2D eigenvalue weighted by molar-refractivity contribution is 7.91. The second-order valence-corrected chi connectivity index (χ2v) is 8.92. The minimum Gasteiger partial charge on any atom is -0.356 e. The van der Waals surface area contributed by atoms with Crippen LogP contribution in [0.15, 0.2) is 18.6 Å². The Morgan fingerprint density at radius 1 is 1.36 bits per heavy atom. The van der Waals surface area contributed by atoms with Crippen molar-refractivity contribution in [2.45, 2.75) is 38.2 Å². The van der Waals surface area contributed by atoms with Crippen molar-refractivity contribution in [3.05, 3.63) is 18.6 Å². The summed E-state index contributed by atoms with van der Waals surface area (Å²) in [4.78, 5) is 13.6. The van der Waals surface area contributed by atoms with Crippen LogP contribution in [0.3, 0.4) is 0 Å². The van der Waals surface area contributed by atoms with Gasteiger partial charge in [-0.05, 0) is 31.2 Å². The molecule has 138 valence electrons. The third kappa shape index (κ3) is 4.26. The first kappa shape index (κ1) is 18.0. The van der Waals surface area contributed by atoms with Gasteiger partial charge in [-0.1, -0.05) is 0 Å². The number of aromatic amines is 1. The molecule has 0 amide bonds. The van der Waals surface area contributed by atoms with E-state index >= 15 is 0 Å². The zero-order valence-electron chi connectivity index (χ0n) is 14.0. The lowest BCUT2D eigenvalue weighted by Crippen LogP contribution is -2.45. The van der Waals surface area contributed by atoms with E-state index in [-0.39, 0.29) is 36.3 Å². The molecule has 2 heterocycles. The average Bonchev–Trinajstić information content (AvgIpc) is 2.97. The molecule has 1 saturated carbocycles. The molecule has 9 heteroatoms. The van der Waals surface area contributed by atoms with Gasteiger partial charge >= 0.3 is 0 Å². The van der Waals surface area contributed by atoms with Gasteiger partial charge in [-0.25, -0.2) is 27.2 Å². The smallest absolute Gasteiger partial charge is 0.238 e. The number of H-pyrrole nitrogens is 1. The Balaban J connectivity index is 1.53. The van der Waals surface area contributed by atoms with E-state index in [9.17, 15) is 17.2 Å². The van der Waals surface area contributed by atoms with Gasteiger partial charge in [0.2, 0.25) is 6.43 Å². The third-order valence-electron chi connectivity index (χ3n) is 4.79. The van der Waals surface area contributed by atoms with Crippen molar-refractivity contribution >= 4 is 26.7 Å². The Bertz CT molecular complexity index is 818. The van der Waals surface area contributed by atoms with Crippen LogP contribution in [-0.4, -0.2) is 54.4 Å². The third-order valence-corrected chi connectivity index (χ3v) is 6.68. The van der Waals surface area contributed by atoms with Gasteiger partial charge in [0.05, 0.1) is 16.9 Å². The van der Waals surface area contributed by atoms with E-state index in [0.717, 1.165) is 29.7 Å². The standard InChI is InChI=1S/C16H22F2N4O2S/c1-22(16-13-4-5-19-15(13)20-10-21-16)12-7-11(8-12)9-25(23,24)6-2-3-14(17)18/h4-5,10-12,14H,2-3,6-9H2,1H3,(H,19,20,21)/t11-,12+. The zero-order valence-corrected chi connectivity index (χ0v) is 14.8. The molecule has 0 bridgehead atoms. The predicted molar refractivity (Wildman–Crippen MR) is 92.7 cm³/mol. The van der Waals surface area contributed by atoms with E-state index in [1.165, 1.54) is 6.33 Å². The van der Waals surface area contributed by atoms with E-state index in [2.05, 4.69) is 19.9 Å². The number of sulfone groups is 1. The number of anilines is 1. The van der Waals surface area contributed by atoms with Gasteiger partial charge in [-0.2, -0.15) is 0 Å². The molecule has 1 aliphatic rings. The monoisotopic (exact) mass is 372 g/mol. The van der Waals surface area contributed by atoms with Gasteiger partial charge in [0, 0.05) is 25.7 Å². The summed E-state index contributed by atoms with van der Waals surface area (Å²) >= 11 is 0. The fraction of sp³-hybridized carbons (Fsp3) is 0.625. The van der Waals surface area contributed by atoms with Crippen molar-refractivity contribution in [2.75, 3.05) is 23.5 Å². The lowest BCUT2D eigenvalue weighted by atomic mass is 9.81. The van der Waals surface area contributed by atoms with Crippen molar-refractivity contribution in [1.29, 1.82) is 0 Å². The first-order valence-electron chi connectivity index (χ1n) is 8.35. The van der Waals surface area contributed by atoms with Crippen LogP contribution in [0.1, 0.15) is 25.7 Å². The molecule has 1 N–H and O–H groups in total. The van der Waals surface area contributed by atoms with Crippen LogP contribution in [0, 0.1) is 5.92 Å². The van der Waals surface area contributed by atoms with Gasteiger partial charge in [0.25, 0.3) is 0 Å². The summed E-state index contributed by atoms with van der Waals surface area (Å²) in [7, 11) is -1.31. The number of nitrogens with zero attached hydrogens (tertiary/aromatic N) is 3. The Morgan fingerprint density at radius 3 is 2.84 bits per heavy atom. The van der Waals surface area contributed by atoms with Crippen LogP contribution in [0.25, 0.3) is 11.0 Å². The van der Waals surface area contributed by atoms with Crippen LogP contribution >= 0.6 is 0 Å². The molecule has 0 aromatic carbocycles. The minimum atomic E-state index is -3.26. The van der Waals surface area contributed by atoms with Crippen LogP contribution in [-0.2, 0) is 9.84 Å². The van der Waals surface area contributed by atoms with E-state index in [4.69, 9.17) is 0 Å². The molecule has 0 spiro atoms. The zero-order chi connectivity index (χ0) is 18.0. The quantitative estimate of drug-likeness (QED) is 0.771. The summed E-state index contributed by atoms with van der Waals surface area (Å²) in [6, 6.07) is 2.15. The molecule has 3 rings (SSSR count). The van der Waals surface area contributed by atoms with E-state index in [1.54, 1.807) is 0 Å². The van der Waals surface area contributed by atoms with Crippen LogP contribution in [0.2, 0.25) is 0 Å². The summed E-state index contributed by atoms with van der Waals surface area (Å²) in [5, 5.41) is 0.938. The Labute approximate surface area is 145 Å². The Hall–Kier alpha value is -1.77. The van der Waals surface area contributed by atoms with E-state index in [0.29, 0.717) is 0 Å². The molecule has 0 saturated heterocycles. The molecule has 1 fully saturated rings. The SMILES string of the molecule is CN(c1ncnc2[nH]ccc12)[C@H]1C[C@@H](CS(=O)(=O)CCCC(F)F)C1. The first-order chi connectivity index (χ1) is 11.9. The Kier molecular flexibility index (Phi) is 5.21. The summed E-state index contributed by atoms with van der Waals surface area (Å²) < 4.78 is 48.3. The molecule has 0 unspecified atom stereocenters. The van der Waals surface area contributed by atoms with E-state index < -0.39 is 16.3 Å². The normalized spacial score (nSPS) is 20.8. The van der Waals surface area contributed by atoms with Crippen molar-refractivity contribution in [2.24, 2.45) is 5.92 Å². The number of hydrogen-bond acceptors (Lipinski definition) is 5. The summed E-state index contributed by atoms with van der Waals surface area (Å²) in [6.07, 6.45) is 2.09. The molecule has 6 nitrogen and oxygen atoms in total. The van der Waals surface area contributed by atoms with Crippen molar-refractivity contribution < 1.29 is 17.2 Å². The highest BCUT2D eigenvalue weighted by Gasteiger charge is 2.35. The molecule has 2 aromatic heterocycles. The molecular weight excluding hydrogens is 350 g/mol. The molecular formula is C16H22F2N4O2S. The maximum atomic E-state index is 12.1. The van der Waals surface area contributed by atoms with Gasteiger partial charge < -0.3 is 9.88 Å². The number of aromatic nitrogens is 3. The van der Waals surface area contributed by atoms with Crippen molar-refractivity contribution in [3.63, 3.8) is 0 Å². The lowest BCUT2D eigenvalue weighted by molar-refractivity contribution is 0.137. The second kappa shape index (κ2) is 7.23. The van der Waals surface area contributed by atoms with Crippen molar-refractivity contribution in [1.82, 2.24) is 15.0 Å². The molecule has 0 aliphatic heterocycles. The maximum absolute atomic E-state index is 12.1. The summed E-state index contributed by atoms with van der Waals surface area (Å²) in [5.41, 5.74) is 0.773. The van der Waals surface area contributed by atoms with Crippen LogP contribution in [0.4, 0.5) is 14.6 Å². The number of hydrogen-bond donors (Lipinski definition) is 1. The molecule has 0 atom stereocenters. The number of fused-ring (bicyclic) bond motifs is 1. The minimum absolute atomic E-state index is 0.0302. The largest absolute Gasteiger partial charge is 0.356 e. The summed E-state index contributed by atoms with van der Waals surface area (Å²) in [6.45, 7) is 0. The second-order valence-electron chi connectivity index (χ2n) is 6.69. The molecule has 25 heavy (non-hydrogen) atoms. The van der Waals surface area contributed by atoms with E-state index in [1.807, 2.05) is 19.3 Å². The molecule has 2 aromatic rings. The number of halogens is 2. The first-order valence-corrected chi connectivity index (χ1v) is 10.2. The topological polar surface area (TPSA) is 79.0 Å². The molecule has 0 radical (unpaired) electrons. The number of rotatable bonds is 8. The lowest BCUT2D eigenvalue weighted by Gasteiger charge is -2.41. The number of alkyl halides is 2. The fourth-order valence-electron chi connectivity index (χ4n) is 3.37. The Morgan fingerprint density at radius 2 is 2.12 bits per heavy atom. The maximum Gasteiger partial charge on any atom is 0.238 e. The number of nitrogens with one attached hydrogen (secondary N) is 1. The van der Waals surface area contributed by atoms with Crippen LogP contribution < -0.4 is 4.90 Å². The van der Waals surface area contributed by atoms with Gasteiger partial charge in [-0.15, -0.1) is 0 Å². The van der Waals surface area contributed by atoms with Crippen molar-refractivity contribution in [3.8, 4) is 0 Å². The van der Waals surface area contributed by atoms with Gasteiger partial charge in [-0.3, -0.25) is 0 Å². The van der Waals surface area contributed by atoms with Gasteiger partial charge in [0.1, 0.15) is 17.8 Å². The molecule has 1 aliphatic carbocycles. The average molecular weight is 372 g/mol. The fourth-order valence-corrected chi connectivity index (χ4v) is 5.13.